The van der Waals surface area contributed by atoms with E-state index in [1.807, 2.05) is 65.5 Å². The first-order valence-electron chi connectivity index (χ1n) is 7.72. The molecule has 5 heteroatoms. The Labute approximate surface area is 139 Å². The van der Waals surface area contributed by atoms with E-state index in [1.54, 1.807) is 12.5 Å². The first kappa shape index (κ1) is 14.3. The smallest absolute Gasteiger partial charge is 0.251 e. The molecule has 2 N–H and O–H groups in total. The number of benzene rings is 2. The molecule has 2 aromatic heterocycles. The second-order valence-corrected chi connectivity index (χ2v) is 5.60. The van der Waals surface area contributed by atoms with Crippen LogP contribution in [0.5, 0.6) is 0 Å². The van der Waals surface area contributed by atoms with Crippen LogP contribution in [0.25, 0.3) is 16.6 Å². The third-order valence-corrected chi connectivity index (χ3v) is 4.01. The van der Waals surface area contributed by atoms with Crippen molar-refractivity contribution in [2.45, 2.75) is 6.54 Å². The van der Waals surface area contributed by atoms with E-state index in [1.165, 1.54) is 0 Å². The summed E-state index contributed by atoms with van der Waals surface area (Å²) in [6.45, 7) is 0.492. The summed E-state index contributed by atoms with van der Waals surface area (Å²) in [4.78, 5) is 19.5. The number of H-pyrrole nitrogens is 1. The van der Waals surface area contributed by atoms with Crippen molar-refractivity contribution in [3.05, 3.63) is 84.6 Å². The highest BCUT2D eigenvalue weighted by Gasteiger charge is 2.07. The van der Waals surface area contributed by atoms with E-state index >= 15 is 0 Å². The minimum Gasteiger partial charge on any atom is -0.361 e. The van der Waals surface area contributed by atoms with Crippen LogP contribution in [0.4, 0.5) is 0 Å². The number of aromatic amines is 1. The lowest BCUT2D eigenvalue weighted by Gasteiger charge is -2.07. The van der Waals surface area contributed by atoms with Gasteiger partial charge in [0.1, 0.15) is 0 Å². The molecule has 4 rings (SSSR count). The Morgan fingerprint density at radius 3 is 2.79 bits per heavy atom. The number of nitrogens with zero attached hydrogens (tertiary/aromatic N) is 2. The molecule has 0 aliphatic carbocycles. The number of rotatable bonds is 4. The summed E-state index contributed by atoms with van der Waals surface area (Å²) in [5.41, 5.74) is 3.71. The summed E-state index contributed by atoms with van der Waals surface area (Å²) in [7, 11) is 0. The van der Waals surface area contributed by atoms with Crippen LogP contribution in [0.3, 0.4) is 0 Å². The van der Waals surface area contributed by atoms with Gasteiger partial charge in [-0.15, -0.1) is 0 Å². The molecule has 0 unspecified atom stereocenters. The summed E-state index contributed by atoms with van der Waals surface area (Å²) in [6.07, 6.45) is 7.27. The van der Waals surface area contributed by atoms with Gasteiger partial charge < -0.3 is 14.9 Å². The molecule has 0 bridgehead atoms. The SMILES string of the molecule is O=C(NCc1ccc(-n2ccnc2)cc1)c1ccc2cc[nH]c2c1. The summed E-state index contributed by atoms with van der Waals surface area (Å²) >= 11 is 0. The molecule has 0 saturated heterocycles. The molecule has 2 aromatic carbocycles. The summed E-state index contributed by atoms with van der Waals surface area (Å²) < 4.78 is 1.94. The van der Waals surface area contributed by atoms with Crippen LogP contribution in [0.15, 0.2) is 73.4 Å². The van der Waals surface area contributed by atoms with Crippen LogP contribution >= 0.6 is 0 Å². The van der Waals surface area contributed by atoms with E-state index in [4.69, 9.17) is 0 Å². The Balaban J connectivity index is 1.43. The molecule has 0 saturated carbocycles. The Kier molecular flexibility index (Phi) is 3.59. The minimum absolute atomic E-state index is 0.0785. The fourth-order valence-corrected chi connectivity index (χ4v) is 2.67. The second-order valence-electron chi connectivity index (χ2n) is 5.60. The van der Waals surface area contributed by atoms with Crippen LogP contribution in [-0.2, 0) is 6.54 Å². The zero-order valence-corrected chi connectivity index (χ0v) is 12.9. The molecule has 0 aliphatic rings. The third-order valence-electron chi connectivity index (χ3n) is 4.01. The topological polar surface area (TPSA) is 62.7 Å². The maximum Gasteiger partial charge on any atom is 0.251 e. The highest BCUT2D eigenvalue weighted by Crippen LogP contribution is 2.14. The van der Waals surface area contributed by atoms with Gasteiger partial charge in [-0.3, -0.25) is 4.79 Å². The first-order valence-corrected chi connectivity index (χ1v) is 7.72. The lowest BCUT2D eigenvalue weighted by atomic mass is 10.1. The normalized spacial score (nSPS) is 10.8. The van der Waals surface area contributed by atoms with Gasteiger partial charge in [0.25, 0.3) is 5.91 Å². The van der Waals surface area contributed by atoms with Crippen LogP contribution in [0, 0.1) is 0 Å². The van der Waals surface area contributed by atoms with Crippen LogP contribution in [-0.4, -0.2) is 20.4 Å². The van der Waals surface area contributed by atoms with Crippen LogP contribution in [0.1, 0.15) is 15.9 Å². The number of hydrogen-bond donors (Lipinski definition) is 2. The van der Waals surface area contributed by atoms with Crippen LogP contribution in [0.2, 0.25) is 0 Å². The zero-order chi connectivity index (χ0) is 16.4. The predicted molar refractivity (Wildman–Crippen MR) is 93.0 cm³/mol. The fraction of sp³-hybridized carbons (Fsp3) is 0.0526. The van der Waals surface area contributed by atoms with Gasteiger partial charge in [-0.1, -0.05) is 18.2 Å². The van der Waals surface area contributed by atoms with Crippen LogP contribution < -0.4 is 5.32 Å². The van der Waals surface area contributed by atoms with E-state index in [0.29, 0.717) is 12.1 Å². The molecule has 0 spiro atoms. The van der Waals surface area contributed by atoms with Crippen molar-refractivity contribution < 1.29 is 4.79 Å². The Morgan fingerprint density at radius 1 is 1.12 bits per heavy atom. The quantitative estimate of drug-likeness (QED) is 0.607. The zero-order valence-electron chi connectivity index (χ0n) is 12.9. The maximum atomic E-state index is 12.3. The van der Waals surface area contributed by atoms with Crippen molar-refractivity contribution in [3.63, 3.8) is 0 Å². The molecule has 2 heterocycles. The molecule has 0 atom stereocenters. The van der Waals surface area contributed by atoms with Gasteiger partial charge in [-0.2, -0.15) is 0 Å². The predicted octanol–water partition coefficient (Wildman–Crippen LogP) is 3.28. The van der Waals surface area contributed by atoms with Gasteiger partial charge in [-0.05, 0) is 41.3 Å². The number of aromatic nitrogens is 3. The second kappa shape index (κ2) is 6.04. The molecule has 1 amide bonds. The fourth-order valence-electron chi connectivity index (χ4n) is 2.67. The van der Waals surface area contributed by atoms with Crippen molar-refractivity contribution in [1.29, 1.82) is 0 Å². The summed E-state index contributed by atoms with van der Waals surface area (Å²) in [5, 5.41) is 4.05. The van der Waals surface area contributed by atoms with Gasteiger partial charge in [0.05, 0.1) is 6.33 Å². The first-order chi connectivity index (χ1) is 11.8. The molecule has 4 aromatic rings. The highest BCUT2D eigenvalue weighted by atomic mass is 16.1. The number of nitrogens with one attached hydrogen (secondary N) is 2. The molecule has 5 nitrogen and oxygen atoms in total. The molecule has 118 valence electrons. The molecule has 0 aliphatic heterocycles. The van der Waals surface area contributed by atoms with Gasteiger partial charge in [0.2, 0.25) is 0 Å². The Hall–Kier alpha value is -3.34. The number of carbonyl (C=O) groups is 1. The van der Waals surface area contributed by atoms with E-state index in [9.17, 15) is 4.79 Å². The van der Waals surface area contributed by atoms with E-state index in [0.717, 1.165) is 22.2 Å². The van der Waals surface area contributed by atoms with E-state index < -0.39 is 0 Å². The number of fused-ring (bicyclic) bond motifs is 1. The largest absolute Gasteiger partial charge is 0.361 e. The summed E-state index contributed by atoms with van der Waals surface area (Å²) in [5.74, 6) is -0.0785. The lowest BCUT2D eigenvalue weighted by molar-refractivity contribution is 0.0951. The average molecular weight is 316 g/mol. The molecular weight excluding hydrogens is 300 g/mol. The van der Waals surface area contributed by atoms with Crippen molar-refractivity contribution in [1.82, 2.24) is 19.9 Å². The molecule has 0 radical (unpaired) electrons. The monoisotopic (exact) mass is 316 g/mol. The van der Waals surface area contributed by atoms with E-state index in [-0.39, 0.29) is 5.91 Å². The van der Waals surface area contributed by atoms with Gasteiger partial charge in [-0.25, -0.2) is 4.98 Å². The standard InChI is InChI=1S/C19H16N4O/c24-19(16-4-3-15-7-8-21-18(15)11-16)22-12-14-1-5-17(6-2-14)23-10-9-20-13-23/h1-11,13,21H,12H2,(H,22,24). The minimum atomic E-state index is -0.0785. The lowest BCUT2D eigenvalue weighted by Crippen LogP contribution is -2.22. The number of amides is 1. The van der Waals surface area contributed by atoms with E-state index in [2.05, 4.69) is 15.3 Å². The highest BCUT2D eigenvalue weighted by molar-refractivity contribution is 5.97. The summed E-state index contributed by atoms with van der Waals surface area (Å²) in [6, 6.07) is 15.7. The molecule has 24 heavy (non-hydrogen) atoms. The average Bonchev–Trinajstić information content (AvgIpc) is 3.30. The van der Waals surface area contributed by atoms with Crippen molar-refractivity contribution >= 4 is 16.8 Å². The number of imidazole rings is 1. The number of carbonyl (C=O) groups excluding carboxylic acids is 1. The Morgan fingerprint density at radius 2 is 2.00 bits per heavy atom. The van der Waals surface area contributed by atoms with Crippen molar-refractivity contribution in [3.8, 4) is 5.69 Å². The maximum absolute atomic E-state index is 12.3. The van der Waals surface area contributed by atoms with Gasteiger partial charge in [0.15, 0.2) is 0 Å². The number of hydrogen-bond acceptors (Lipinski definition) is 2. The third kappa shape index (κ3) is 2.79. The van der Waals surface area contributed by atoms with Crippen molar-refractivity contribution in [2.24, 2.45) is 0 Å². The molecular formula is C19H16N4O. The Bertz CT molecular complexity index is 968. The van der Waals surface area contributed by atoms with Gasteiger partial charge in [0, 0.05) is 41.9 Å². The van der Waals surface area contributed by atoms with Gasteiger partial charge >= 0.3 is 0 Å². The van der Waals surface area contributed by atoms with Crippen molar-refractivity contribution in [2.75, 3.05) is 0 Å². The molecule has 0 fully saturated rings.